The van der Waals surface area contributed by atoms with Gasteiger partial charge in [0.25, 0.3) is 0 Å². The van der Waals surface area contributed by atoms with E-state index in [1.165, 1.54) is 0 Å². The summed E-state index contributed by atoms with van der Waals surface area (Å²) in [4.78, 5) is 37.7. The summed E-state index contributed by atoms with van der Waals surface area (Å²) < 4.78 is 0. The Labute approximate surface area is 99.9 Å². The number of likely N-dealkylation sites (tertiary alicyclic amines) is 1. The molecular formula is C11H17N3O3. The minimum atomic E-state index is -0.313. The van der Waals surface area contributed by atoms with Crippen LogP contribution in [0.4, 0.5) is 0 Å². The Morgan fingerprint density at radius 3 is 2.24 bits per heavy atom. The molecule has 0 unspecified atom stereocenters. The number of nitrogens with one attached hydrogen (secondary N) is 1. The highest BCUT2D eigenvalue weighted by atomic mass is 16.2. The third-order valence-corrected chi connectivity index (χ3v) is 3.16. The quantitative estimate of drug-likeness (QED) is 0.625. The lowest BCUT2D eigenvalue weighted by Crippen LogP contribution is -2.55. The van der Waals surface area contributed by atoms with Crippen molar-refractivity contribution in [3.8, 4) is 0 Å². The molecule has 0 aromatic rings. The number of hydrogen-bond acceptors (Lipinski definition) is 4. The fraction of sp³-hybridized carbons (Fsp3) is 0.727. The summed E-state index contributed by atoms with van der Waals surface area (Å²) in [7, 11) is 0. The molecule has 6 heteroatoms. The van der Waals surface area contributed by atoms with Crippen molar-refractivity contribution in [1.82, 2.24) is 15.1 Å². The highest BCUT2D eigenvalue weighted by Gasteiger charge is 2.29. The van der Waals surface area contributed by atoms with Crippen molar-refractivity contribution in [2.75, 3.05) is 32.7 Å². The van der Waals surface area contributed by atoms with Crippen molar-refractivity contribution in [1.29, 1.82) is 0 Å². The second-order valence-electron chi connectivity index (χ2n) is 4.42. The minimum Gasteiger partial charge on any atom is -0.341 e. The largest absolute Gasteiger partial charge is 0.341 e. The molecule has 0 saturated carbocycles. The lowest BCUT2D eigenvalue weighted by Gasteiger charge is -2.30. The van der Waals surface area contributed by atoms with Gasteiger partial charge in [-0.05, 0) is 19.3 Å². The SMILES string of the molecule is O=C(CN1C(=O)CNCC1=O)N1CCCCC1. The molecule has 1 N–H and O–H groups in total. The monoisotopic (exact) mass is 239 g/mol. The van der Waals surface area contributed by atoms with Crippen LogP contribution in [0.3, 0.4) is 0 Å². The molecule has 2 heterocycles. The van der Waals surface area contributed by atoms with Crippen LogP contribution in [0.1, 0.15) is 19.3 Å². The third kappa shape index (κ3) is 2.82. The molecule has 0 bridgehead atoms. The first-order chi connectivity index (χ1) is 8.18. The van der Waals surface area contributed by atoms with E-state index in [0.717, 1.165) is 37.3 Å². The molecule has 0 spiro atoms. The smallest absolute Gasteiger partial charge is 0.243 e. The first-order valence-corrected chi connectivity index (χ1v) is 6.00. The predicted octanol–water partition coefficient (Wildman–Crippen LogP) is -1.04. The first-order valence-electron chi connectivity index (χ1n) is 6.00. The lowest BCUT2D eigenvalue weighted by atomic mass is 10.1. The first kappa shape index (κ1) is 12.0. The van der Waals surface area contributed by atoms with Crippen LogP contribution in [0.2, 0.25) is 0 Å². The summed E-state index contributed by atoms with van der Waals surface area (Å²) in [5.41, 5.74) is 0. The molecule has 6 nitrogen and oxygen atoms in total. The summed E-state index contributed by atoms with van der Waals surface area (Å²) in [6, 6.07) is 0. The number of imide groups is 1. The van der Waals surface area contributed by atoms with E-state index in [0.29, 0.717) is 0 Å². The maximum atomic E-state index is 11.9. The predicted molar refractivity (Wildman–Crippen MR) is 60.0 cm³/mol. The summed E-state index contributed by atoms with van der Waals surface area (Å²) in [5.74, 6) is -0.744. The van der Waals surface area contributed by atoms with Crippen LogP contribution in [0.5, 0.6) is 0 Å². The molecule has 2 saturated heterocycles. The average molecular weight is 239 g/mol. The second kappa shape index (κ2) is 5.27. The highest BCUT2D eigenvalue weighted by Crippen LogP contribution is 2.09. The van der Waals surface area contributed by atoms with Crippen LogP contribution >= 0.6 is 0 Å². The Balaban J connectivity index is 1.92. The zero-order valence-electron chi connectivity index (χ0n) is 9.78. The molecule has 2 fully saturated rings. The van der Waals surface area contributed by atoms with E-state index in [4.69, 9.17) is 0 Å². The van der Waals surface area contributed by atoms with Gasteiger partial charge in [-0.25, -0.2) is 0 Å². The van der Waals surface area contributed by atoms with E-state index in [-0.39, 0.29) is 37.4 Å². The molecule has 94 valence electrons. The number of amides is 3. The Kier molecular flexibility index (Phi) is 3.73. The summed E-state index contributed by atoms with van der Waals surface area (Å²) in [6.45, 7) is 1.66. The van der Waals surface area contributed by atoms with Crippen LogP contribution in [0.15, 0.2) is 0 Å². The number of carbonyl (C=O) groups is 3. The lowest BCUT2D eigenvalue weighted by molar-refractivity contribution is -0.151. The number of carbonyl (C=O) groups excluding carboxylic acids is 3. The van der Waals surface area contributed by atoms with Crippen LogP contribution in [-0.2, 0) is 14.4 Å². The number of piperidine rings is 1. The molecule has 0 aliphatic carbocycles. The second-order valence-corrected chi connectivity index (χ2v) is 4.42. The summed E-state index contributed by atoms with van der Waals surface area (Å²) in [5, 5.41) is 2.70. The van der Waals surface area contributed by atoms with Gasteiger partial charge in [0.2, 0.25) is 17.7 Å². The van der Waals surface area contributed by atoms with E-state index in [1.807, 2.05) is 0 Å². The fourth-order valence-electron chi connectivity index (χ4n) is 2.16. The molecule has 0 aromatic carbocycles. The van der Waals surface area contributed by atoms with Gasteiger partial charge < -0.3 is 4.90 Å². The molecule has 2 aliphatic heterocycles. The zero-order valence-corrected chi connectivity index (χ0v) is 9.78. The van der Waals surface area contributed by atoms with E-state index in [2.05, 4.69) is 5.32 Å². The van der Waals surface area contributed by atoms with Crippen LogP contribution in [0, 0.1) is 0 Å². The van der Waals surface area contributed by atoms with Gasteiger partial charge in [0.1, 0.15) is 6.54 Å². The van der Waals surface area contributed by atoms with Crippen molar-refractivity contribution in [3.63, 3.8) is 0 Å². The van der Waals surface area contributed by atoms with E-state index in [9.17, 15) is 14.4 Å². The van der Waals surface area contributed by atoms with Crippen molar-refractivity contribution in [2.45, 2.75) is 19.3 Å². The third-order valence-electron chi connectivity index (χ3n) is 3.16. The molecule has 0 radical (unpaired) electrons. The van der Waals surface area contributed by atoms with Gasteiger partial charge in [-0.3, -0.25) is 24.6 Å². The van der Waals surface area contributed by atoms with E-state index >= 15 is 0 Å². The van der Waals surface area contributed by atoms with Gasteiger partial charge in [-0.15, -0.1) is 0 Å². The van der Waals surface area contributed by atoms with Crippen molar-refractivity contribution in [3.05, 3.63) is 0 Å². The molecule has 2 aliphatic rings. The van der Waals surface area contributed by atoms with Crippen LogP contribution in [0.25, 0.3) is 0 Å². The van der Waals surface area contributed by atoms with Gasteiger partial charge in [0.15, 0.2) is 0 Å². The van der Waals surface area contributed by atoms with E-state index in [1.54, 1.807) is 4.90 Å². The van der Waals surface area contributed by atoms with Crippen molar-refractivity contribution in [2.24, 2.45) is 0 Å². The van der Waals surface area contributed by atoms with Crippen LogP contribution < -0.4 is 5.32 Å². The number of rotatable bonds is 2. The Morgan fingerprint density at radius 1 is 1.06 bits per heavy atom. The maximum Gasteiger partial charge on any atom is 0.243 e. The number of piperazine rings is 1. The van der Waals surface area contributed by atoms with Crippen molar-refractivity contribution < 1.29 is 14.4 Å². The molecule has 3 amide bonds. The molecular weight excluding hydrogens is 222 g/mol. The normalized spacial score (nSPS) is 21.9. The summed E-state index contributed by atoms with van der Waals surface area (Å²) >= 11 is 0. The fourth-order valence-corrected chi connectivity index (χ4v) is 2.16. The van der Waals surface area contributed by atoms with Gasteiger partial charge in [-0.2, -0.15) is 0 Å². The zero-order chi connectivity index (χ0) is 12.3. The Hall–Kier alpha value is -1.43. The van der Waals surface area contributed by atoms with Gasteiger partial charge in [0, 0.05) is 13.1 Å². The Bertz CT molecular complexity index is 321. The average Bonchev–Trinajstić information content (AvgIpc) is 2.35. The Morgan fingerprint density at radius 2 is 1.65 bits per heavy atom. The van der Waals surface area contributed by atoms with Gasteiger partial charge in [0.05, 0.1) is 13.1 Å². The topological polar surface area (TPSA) is 69.7 Å². The number of nitrogens with zero attached hydrogens (tertiary/aromatic N) is 2. The van der Waals surface area contributed by atoms with Gasteiger partial charge >= 0.3 is 0 Å². The minimum absolute atomic E-state index is 0.0979. The summed E-state index contributed by atoms with van der Waals surface area (Å²) in [6.07, 6.45) is 3.17. The van der Waals surface area contributed by atoms with Gasteiger partial charge in [-0.1, -0.05) is 0 Å². The molecule has 0 aromatic heterocycles. The van der Waals surface area contributed by atoms with Crippen molar-refractivity contribution >= 4 is 17.7 Å². The number of hydrogen-bond donors (Lipinski definition) is 1. The standard InChI is InChI=1S/C11H17N3O3/c15-9-6-12-7-10(16)14(9)8-11(17)13-4-2-1-3-5-13/h12H,1-8H2. The van der Waals surface area contributed by atoms with Crippen LogP contribution in [-0.4, -0.2) is 60.2 Å². The van der Waals surface area contributed by atoms with E-state index < -0.39 is 0 Å². The molecule has 2 rings (SSSR count). The molecule has 0 atom stereocenters. The molecule has 17 heavy (non-hydrogen) atoms. The highest BCUT2D eigenvalue weighted by molar-refractivity contribution is 6.02. The maximum absolute atomic E-state index is 11.9.